The first kappa shape index (κ1) is 15.0. The molecule has 0 spiro atoms. The maximum absolute atomic E-state index is 10.2. The first-order valence-corrected chi connectivity index (χ1v) is 6.84. The van der Waals surface area contributed by atoms with E-state index >= 15 is 0 Å². The highest BCUT2D eigenvalue weighted by atomic mass is 16.3. The van der Waals surface area contributed by atoms with Crippen molar-refractivity contribution in [2.45, 2.75) is 53.5 Å². The van der Waals surface area contributed by atoms with Crippen molar-refractivity contribution in [3.05, 3.63) is 28.8 Å². The fourth-order valence-electron chi connectivity index (χ4n) is 2.22. The summed E-state index contributed by atoms with van der Waals surface area (Å²) in [4.78, 5) is 2.39. The second-order valence-electron chi connectivity index (χ2n) is 6.02. The minimum atomic E-state index is -0.0197. The topological polar surface area (TPSA) is 23.5 Å². The molecule has 0 fully saturated rings. The number of phenolic OH excluding ortho intramolecular Hbond substituents is 1. The van der Waals surface area contributed by atoms with E-state index in [1.54, 1.807) is 0 Å². The highest BCUT2D eigenvalue weighted by molar-refractivity contribution is 5.46. The van der Waals surface area contributed by atoms with Gasteiger partial charge in [0.1, 0.15) is 5.75 Å². The molecule has 0 aromatic heterocycles. The number of benzene rings is 1. The van der Waals surface area contributed by atoms with Crippen LogP contribution in [-0.2, 0) is 12.0 Å². The molecule has 0 radical (unpaired) electrons. The van der Waals surface area contributed by atoms with Crippen LogP contribution in [0.15, 0.2) is 12.1 Å². The minimum Gasteiger partial charge on any atom is -0.507 e. The fraction of sp³-hybridized carbons (Fsp3) is 0.625. The van der Waals surface area contributed by atoms with Crippen molar-refractivity contribution < 1.29 is 5.11 Å². The van der Waals surface area contributed by atoms with Crippen LogP contribution in [0.4, 0.5) is 0 Å². The SMILES string of the molecule is CCN(CC)Cc1cc(C)c(O)c(C(C)(C)C)c1. The van der Waals surface area contributed by atoms with Gasteiger partial charge in [-0.2, -0.15) is 0 Å². The average molecular weight is 249 g/mol. The van der Waals surface area contributed by atoms with E-state index in [4.69, 9.17) is 0 Å². The summed E-state index contributed by atoms with van der Waals surface area (Å²) in [5.74, 6) is 0.450. The summed E-state index contributed by atoms with van der Waals surface area (Å²) in [5, 5.41) is 10.2. The van der Waals surface area contributed by atoms with Gasteiger partial charge in [0.05, 0.1) is 0 Å². The lowest BCUT2D eigenvalue weighted by atomic mass is 9.84. The Balaban J connectivity index is 3.12. The molecule has 0 amide bonds. The summed E-state index contributed by atoms with van der Waals surface area (Å²) < 4.78 is 0. The molecule has 1 aromatic carbocycles. The van der Waals surface area contributed by atoms with Crippen molar-refractivity contribution in [1.82, 2.24) is 4.90 Å². The number of aromatic hydroxyl groups is 1. The third kappa shape index (κ3) is 3.49. The van der Waals surface area contributed by atoms with Gasteiger partial charge in [-0.3, -0.25) is 4.90 Å². The molecule has 1 rings (SSSR count). The molecule has 2 nitrogen and oxygen atoms in total. The van der Waals surface area contributed by atoms with E-state index in [2.05, 4.69) is 51.7 Å². The van der Waals surface area contributed by atoms with Gasteiger partial charge in [0.15, 0.2) is 0 Å². The molecule has 0 unspecified atom stereocenters. The molecule has 18 heavy (non-hydrogen) atoms. The lowest BCUT2D eigenvalue weighted by Crippen LogP contribution is -2.22. The Bertz CT molecular complexity index is 400. The van der Waals surface area contributed by atoms with Gasteiger partial charge < -0.3 is 5.11 Å². The van der Waals surface area contributed by atoms with Gasteiger partial charge in [-0.25, -0.2) is 0 Å². The number of rotatable bonds is 4. The van der Waals surface area contributed by atoms with Gasteiger partial charge in [0.2, 0.25) is 0 Å². The normalized spacial score (nSPS) is 12.2. The van der Waals surface area contributed by atoms with Crippen LogP contribution in [0.1, 0.15) is 51.3 Å². The van der Waals surface area contributed by atoms with Crippen molar-refractivity contribution in [1.29, 1.82) is 0 Å². The van der Waals surface area contributed by atoms with Gasteiger partial charge in [-0.1, -0.05) is 46.8 Å². The number of phenols is 1. The smallest absolute Gasteiger partial charge is 0.122 e. The van der Waals surface area contributed by atoms with Gasteiger partial charge in [-0.15, -0.1) is 0 Å². The molecule has 0 bridgehead atoms. The van der Waals surface area contributed by atoms with Gasteiger partial charge >= 0.3 is 0 Å². The predicted molar refractivity (Wildman–Crippen MR) is 78.2 cm³/mol. The van der Waals surface area contributed by atoms with E-state index in [1.165, 1.54) is 5.56 Å². The number of nitrogens with zero attached hydrogens (tertiary/aromatic N) is 1. The molecule has 0 aliphatic carbocycles. The van der Waals surface area contributed by atoms with E-state index in [1.807, 2.05) is 6.92 Å². The average Bonchev–Trinajstić information content (AvgIpc) is 2.28. The second kappa shape index (κ2) is 5.75. The third-order valence-corrected chi connectivity index (χ3v) is 3.47. The van der Waals surface area contributed by atoms with Gasteiger partial charge in [0.25, 0.3) is 0 Å². The van der Waals surface area contributed by atoms with Crippen LogP contribution >= 0.6 is 0 Å². The maximum atomic E-state index is 10.2. The van der Waals surface area contributed by atoms with Crippen molar-refractivity contribution in [2.75, 3.05) is 13.1 Å². The van der Waals surface area contributed by atoms with Gasteiger partial charge in [0, 0.05) is 6.54 Å². The summed E-state index contributed by atoms with van der Waals surface area (Å²) in [6.07, 6.45) is 0. The summed E-state index contributed by atoms with van der Waals surface area (Å²) in [7, 11) is 0. The molecule has 0 aliphatic heterocycles. The first-order valence-electron chi connectivity index (χ1n) is 6.84. The lowest BCUT2D eigenvalue weighted by Gasteiger charge is -2.24. The molecule has 1 aromatic rings. The van der Waals surface area contributed by atoms with E-state index in [0.717, 1.165) is 30.8 Å². The van der Waals surface area contributed by atoms with Crippen LogP contribution in [0.3, 0.4) is 0 Å². The van der Waals surface area contributed by atoms with Crippen LogP contribution in [0.25, 0.3) is 0 Å². The quantitative estimate of drug-likeness (QED) is 0.876. The first-order chi connectivity index (χ1) is 8.29. The highest BCUT2D eigenvalue weighted by Gasteiger charge is 2.20. The lowest BCUT2D eigenvalue weighted by molar-refractivity contribution is 0.295. The molecule has 0 heterocycles. The highest BCUT2D eigenvalue weighted by Crippen LogP contribution is 2.34. The Kier molecular flexibility index (Phi) is 4.80. The standard InChI is InChI=1S/C16H27NO/c1-7-17(8-2)11-13-9-12(3)15(18)14(10-13)16(4,5)6/h9-10,18H,7-8,11H2,1-6H3. The monoisotopic (exact) mass is 249 g/mol. The summed E-state index contributed by atoms with van der Waals surface area (Å²) in [6, 6.07) is 4.25. The zero-order valence-corrected chi connectivity index (χ0v) is 12.7. The van der Waals surface area contributed by atoms with Crippen molar-refractivity contribution in [2.24, 2.45) is 0 Å². The summed E-state index contributed by atoms with van der Waals surface area (Å²) in [6.45, 7) is 15.8. The largest absolute Gasteiger partial charge is 0.507 e. The minimum absolute atomic E-state index is 0.0197. The Morgan fingerprint density at radius 2 is 1.67 bits per heavy atom. The molecular weight excluding hydrogens is 222 g/mol. The van der Waals surface area contributed by atoms with Crippen LogP contribution in [-0.4, -0.2) is 23.1 Å². The molecule has 1 N–H and O–H groups in total. The number of aryl methyl sites for hydroxylation is 1. The molecule has 0 saturated heterocycles. The summed E-state index contributed by atoms with van der Waals surface area (Å²) in [5.41, 5.74) is 3.29. The van der Waals surface area contributed by atoms with Crippen LogP contribution in [0.2, 0.25) is 0 Å². The maximum Gasteiger partial charge on any atom is 0.122 e. The van der Waals surface area contributed by atoms with E-state index in [0.29, 0.717) is 5.75 Å². The molecular formula is C16H27NO. The van der Waals surface area contributed by atoms with Gasteiger partial charge in [-0.05, 0) is 42.1 Å². The van der Waals surface area contributed by atoms with Crippen molar-refractivity contribution >= 4 is 0 Å². The Morgan fingerprint density at radius 3 is 2.11 bits per heavy atom. The zero-order chi connectivity index (χ0) is 13.9. The van der Waals surface area contributed by atoms with Crippen molar-refractivity contribution in [3.63, 3.8) is 0 Å². The molecule has 0 saturated carbocycles. The molecule has 102 valence electrons. The zero-order valence-electron chi connectivity index (χ0n) is 12.7. The second-order valence-corrected chi connectivity index (χ2v) is 6.02. The molecule has 0 atom stereocenters. The number of hydrogen-bond acceptors (Lipinski definition) is 2. The Morgan fingerprint density at radius 1 is 1.11 bits per heavy atom. The van der Waals surface area contributed by atoms with Crippen LogP contribution < -0.4 is 0 Å². The van der Waals surface area contributed by atoms with Crippen LogP contribution in [0, 0.1) is 6.92 Å². The third-order valence-electron chi connectivity index (χ3n) is 3.47. The molecule has 0 aliphatic rings. The van der Waals surface area contributed by atoms with Crippen molar-refractivity contribution in [3.8, 4) is 5.75 Å². The van der Waals surface area contributed by atoms with E-state index < -0.39 is 0 Å². The van der Waals surface area contributed by atoms with E-state index in [9.17, 15) is 5.11 Å². The van der Waals surface area contributed by atoms with Crippen LogP contribution in [0.5, 0.6) is 5.75 Å². The molecule has 2 heteroatoms. The summed E-state index contributed by atoms with van der Waals surface area (Å²) >= 11 is 0. The Labute approximate surface area is 112 Å². The predicted octanol–water partition coefficient (Wildman–Crippen LogP) is 3.84. The van der Waals surface area contributed by atoms with E-state index in [-0.39, 0.29) is 5.41 Å². The number of hydrogen-bond donors (Lipinski definition) is 1. The Hall–Kier alpha value is -1.02. The fourth-order valence-corrected chi connectivity index (χ4v) is 2.22.